The summed E-state index contributed by atoms with van der Waals surface area (Å²) in [5.41, 5.74) is 2.94. The standard InChI is InChI=1S/C40H40N6O7/c1-19(2)31-38-46-32(36(50)42-18-29(47)23-17-41-26-11-7-5-9-22(23)26)34(53-38)40-24-10-6-8-12-27(24)44-39(40)52-30-14-13-21(15-25(30)40)16-28(35(49)45-31)43-37(51)33(48)20(3)4/h5-15,17,19-20,28,31,33,39,41,44,48H,16,18H2,1-4H3,(H,42,50)(H,43,51)(H,45,49)/t28-,31-,33-,39-,40?/m0/s1. The Morgan fingerprint density at radius 1 is 1.00 bits per heavy atom. The maximum Gasteiger partial charge on any atom is 0.273 e. The first kappa shape index (κ1) is 34.2. The largest absolute Gasteiger partial charge is 0.469 e. The van der Waals surface area contributed by atoms with E-state index in [1.807, 2.05) is 74.5 Å². The van der Waals surface area contributed by atoms with Crippen LogP contribution in [0, 0.1) is 11.8 Å². The summed E-state index contributed by atoms with van der Waals surface area (Å²) < 4.78 is 13.3. The van der Waals surface area contributed by atoms with Crippen LogP contribution in [0.15, 0.2) is 77.3 Å². The van der Waals surface area contributed by atoms with Crippen LogP contribution < -0.4 is 26.0 Å². The molecule has 0 saturated carbocycles. The highest BCUT2D eigenvalue weighted by molar-refractivity contribution is 6.10. The number of nitrogens with one attached hydrogen (secondary N) is 5. The molecule has 13 heteroatoms. The number of aliphatic hydroxyl groups is 1. The molecule has 1 spiro atoms. The molecule has 5 aromatic rings. The van der Waals surface area contributed by atoms with Gasteiger partial charge in [-0.1, -0.05) is 76.2 Å². The minimum Gasteiger partial charge on any atom is -0.469 e. The van der Waals surface area contributed by atoms with E-state index in [9.17, 15) is 24.3 Å². The highest BCUT2D eigenvalue weighted by Crippen LogP contribution is 2.58. The van der Waals surface area contributed by atoms with Gasteiger partial charge in [-0.25, -0.2) is 4.98 Å². The Morgan fingerprint density at radius 2 is 1.77 bits per heavy atom. The number of benzene rings is 3. The number of para-hydroxylation sites is 2. The first-order valence-corrected chi connectivity index (χ1v) is 17.8. The number of carbonyl (C=O) groups is 4. The monoisotopic (exact) mass is 716 g/mol. The van der Waals surface area contributed by atoms with Crippen LogP contribution in [0.5, 0.6) is 5.75 Å². The van der Waals surface area contributed by atoms with E-state index in [1.54, 1.807) is 26.1 Å². The van der Waals surface area contributed by atoms with Crippen molar-refractivity contribution in [3.05, 3.63) is 113 Å². The molecule has 3 aliphatic rings. The Hall–Kier alpha value is -5.95. The number of hydrogen-bond donors (Lipinski definition) is 6. The molecule has 272 valence electrons. The van der Waals surface area contributed by atoms with Crippen LogP contribution in [-0.2, 0) is 21.4 Å². The topological polar surface area (TPSA) is 188 Å². The van der Waals surface area contributed by atoms with Crippen LogP contribution in [0.1, 0.15) is 82.9 Å². The van der Waals surface area contributed by atoms with Gasteiger partial charge in [0.15, 0.2) is 23.5 Å². The van der Waals surface area contributed by atoms with Crippen LogP contribution in [0.25, 0.3) is 10.9 Å². The summed E-state index contributed by atoms with van der Waals surface area (Å²) in [5.74, 6) is -1.94. The Labute approximate surface area is 304 Å². The second-order valence-corrected chi connectivity index (χ2v) is 14.6. The summed E-state index contributed by atoms with van der Waals surface area (Å²) in [4.78, 5) is 62.9. The predicted octanol–water partition coefficient (Wildman–Crippen LogP) is 4.12. The number of carbonyl (C=O) groups excluding carboxylic acids is 4. The number of aromatic nitrogens is 2. The van der Waals surface area contributed by atoms with Gasteiger partial charge in [0, 0.05) is 40.3 Å². The summed E-state index contributed by atoms with van der Waals surface area (Å²) in [5, 5.41) is 23.3. The third-order valence-corrected chi connectivity index (χ3v) is 10.5. The van der Waals surface area contributed by atoms with Crippen molar-refractivity contribution in [2.24, 2.45) is 11.8 Å². The van der Waals surface area contributed by atoms with Crippen molar-refractivity contribution in [3.8, 4) is 5.75 Å². The number of rotatable bonds is 8. The average molecular weight is 717 g/mol. The fraction of sp³-hybridized carbons (Fsp3) is 0.325. The Bertz CT molecular complexity index is 2290. The van der Waals surface area contributed by atoms with Gasteiger partial charge in [0.2, 0.25) is 17.7 Å². The molecule has 0 aliphatic carbocycles. The lowest BCUT2D eigenvalue weighted by Crippen LogP contribution is -2.52. The molecule has 5 atom stereocenters. The van der Waals surface area contributed by atoms with Crippen molar-refractivity contribution in [1.29, 1.82) is 0 Å². The van der Waals surface area contributed by atoms with E-state index >= 15 is 0 Å². The van der Waals surface area contributed by atoms with E-state index in [4.69, 9.17) is 14.1 Å². The van der Waals surface area contributed by atoms with Gasteiger partial charge in [-0.3, -0.25) is 19.2 Å². The van der Waals surface area contributed by atoms with Crippen molar-refractivity contribution in [2.75, 3.05) is 11.9 Å². The van der Waals surface area contributed by atoms with Crippen molar-refractivity contribution >= 4 is 40.1 Å². The van der Waals surface area contributed by atoms with E-state index in [2.05, 4.69) is 26.3 Å². The minimum atomic E-state index is -1.32. The van der Waals surface area contributed by atoms with Crippen molar-refractivity contribution in [2.45, 2.75) is 63.9 Å². The van der Waals surface area contributed by atoms with Crippen molar-refractivity contribution in [3.63, 3.8) is 0 Å². The highest BCUT2D eigenvalue weighted by atomic mass is 16.5. The summed E-state index contributed by atoms with van der Waals surface area (Å²) in [7, 11) is 0. The SMILES string of the molecule is CC(C)[C@H](O)C(=O)N[C@H]1Cc2ccc3c(c2)C2(c4ccccc4N[C@H]2O3)c2oc(nc2C(=O)NCC(=O)c2c[nH]c3ccccc23)[C@H](C(C)C)NC1=O. The second-order valence-electron chi connectivity index (χ2n) is 14.6. The molecule has 6 N–H and O–H groups in total. The quantitative estimate of drug-likeness (QED) is 0.129. The van der Waals surface area contributed by atoms with Gasteiger partial charge in [-0.15, -0.1) is 0 Å². The van der Waals surface area contributed by atoms with E-state index in [0.29, 0.717) is 22.4 Å². The fourth-order valence-electron chi connectivity index (χ4n) is 7.66. The first-order valence-electron chi connectivity index (χ1n) is 17.8. The van der Waals surface area contributed by atoms with Gasteiger partial charge in [-0.05, 0) is 41.2 Å². The molecule has 13 nitrogen and oxygen atoms in total. The summed E-state index contributed by atoms with van der Waals surface area (Å²) in [6.45, 7) is 6.89. The lowest BCUT2D eigenvalue weighted by Gasteiger charge is -2.29. The minimum absolute atomic E-state index is 0.0545. The molecule has 3 aromatic carbocycles. The molecule has 0 saturated heterocycles. The molecule has 4 bridgehead atoms. The number of aliphatic hydroxyl groups excluding tert-OH is 1. The molecule has 0 radical (unpaired) electrons. The Balaban J connectivity index is 1.26. The highest BCUT2D eigenvalue weighted by Gasteiger charge is 2.61. The number of anilines is 1. The molecule has 5 heterocycles. The Kier molecular flexibility index (Phi) is 8.33. The summed E-state index contributed by atoms with van der Waals surface area (Å²) in [6.07, 6.45) is -0.324. The molecule has 0 fully saturated rings. The van der Waals surface area contributed by atoms with E-state index in [0.717, 1.165) is 22.2 Å². The molecule has 53 heavy (non-hydrogen) atoms. The van der Waals surface area contributed by atoms with Gasteiger partial charge >= 0.3 is 0 Å². The van der Waals surface area contributed by atoms with Crippen LogP contribution in [-0.4, -0.2) is 63.5 Å². The predicted molar refractivity (Wildman–Crippen MR) is 194 cm³/mol. The Morgan fingerprint density at radius 3 is 2.57 bits per heavy atom. The van der Waals surface area contributed by atoms with Crippen LogP contribution in [0.4, 0.5) is 5.69 Å². The van der Waals surface area contributed by atoms with E-state index < -0.39 is 47.6 Å². The third-order valence-electron chi connectivity index (χ3n) is 10.5. The fourth-order valence-corrected chi connectivity index (χ4v) is 7.66. The third kappa shape index (κ3) is 5.54. The number of ether oxygens (including phenoxy) is 1. The maximum absolute atomic E-state index is 14.4. The van der Waals surface area contributed by atoms with E-state index in [-0.39, 0.29) is 47.9 Å². The number of amides is 3. The zero-order valence-electron chi connectivity index (χ0n) is 29.7. The van der Waals surface area contributed by atoms with Crippen LogP contribution >= 0.6 is 0 Å². The average Bonchev–Trinajstić information content (AvgIpc) is 3.91. The van der Waals surface area contributed by atoms with Gasteiger partial charge < -0.3 is 40.5 Å². The second kappa shape index (κ2) is 12.9. The molecule has 3 amide bonds. The lowest BCUT2D eigenvalue weighted by atomic mass is 9.72. The number of hydrogen-bond acceptors (Lipinski definition) is 9. The summed E-state index contributed by atoms with van der Waals surface area (Å²) >= 11 is 0. The smallest absolute Gasteiger partial charge is 0.273 e. The van der Waals surface area contributed by atoms with Crippen LogP contribution in [0.3, 0.4) is 0 Å². The first-order chi connectivity index (χ1) is 25.5. The van der Waals surface area contributed by atoms with Crippen molar-refractivity contribution < 1.29 is 33.4 Å². The number of H-pyrrole nitrogens is 1. The molecular weight excluding hydrogens is 676 g/mol. The number of oxazole rings is 1. The van der Waals surface area contributed by atoms with Gasteiger partial charge in [0.05, 0.1) is 6.54 Å². The summed E-state index contributed by atoms with van der Waals surface area (Å²) in [6, 6.07) is 18.7. The zero-order valence-corrected chi connectivity index (χ0v) is 29.7. The van der Waals surface area contributed by atoms with Gasteiger partial charge in [0.25, 0.3) is 5.91 Å². The number of fused-ring (bicyclic) bond motifs is 5. The van der Waals surface area contributed by atoms with Gasteiger partial charge in [-0.2, -0.15) is 0 Å². The zero-order chi connectivity index (χ0) is 37.2. The molecule has 3 aliphatic heterocycles. The number of ketones is 1. The van der Waals surface area contributed by atoms with Crippen LogP contribution in [0.2, 0.25) is 0 Å². The molecule has 1 unspecified atom stereocenters. The number of aromatic amines is 1. The molecule has 2 aromatic heterocycles. The van der Waals surface area contributed by atoms with E-state index in [1.165, 1.54) is 0 Å². The lowest BCUT2D eigenvalue weighted by molar-refractivity contribution is -0.135. The number of Topliss-reactive ketones (excluding diaryl/α,β-unsaturated/α-hetero) is 1. The molecular formula is C40H40N6O7. The normalized spacial score (nSPS) is 21.8. The molecule has 8 rings (SSSR count). The number of nitrogens with zero attached hydrogens (tertiary/aromatic N) is 1. The maximum atomic E-state index is 14.4. The van der Waals surface area contributed by atoms with Gasteiger partial charge in [0.1, 0.15) is 29.4 Å². The van der Waals surface area contributed by atoms with Crippen molar-refractivity contribution in [1.82, 2.24) is 25.9 Å².